The van der Waals surface area contributed by atoms with Crippen LogP contribution in [-0.4, -0.2) is 39.4 Å². The van der Waals surface area contributed by atoms with Gasteiger partial charge in [-0.1, -0.05) is 25.5 Å². The van der Waals surface area contributed by atoms with Gasteiger partial charge in [-0.2, -0.15) is 0 Å². The normalized spacial score (nSPS) is 17.6. The molecular formula is C25H39NO4. The number of piperidine rings is 1. The van der Waals surface area contributed by atoms with Crippen molar-refractivity contribution in [3.63, 3.8) is 0 Å². The summed E-state index contributed by atoms with van der Waals surface area (Å²) in [6, 6.07) is 6.46. The lowest BCUT2D eigenvalue weighted by Gasteiger charge is -2.31. The van der Waals surface area contributed by atoms with Crippen LogP contribution in [0.3, 0.4) is 0 Å². The monoisotopic (exact) mass is 417 g/mol. The third-order valence-electron chi connectivity index (χ3n) is 5.96. The van der Waals surface area contributed by atoms with Gasteiger partial charge >= 0.3 is 0 Å². The largest absolute Gasteiger partial charge is 0.493 e. The van der Waals surface area contributed by atoms with Gasteiger partial charge in [0.1, 0.15) is 0 Å². The van der Waals surface area contributed by atoms with Crippen LogP contribution in [0.15, 0.2) is 29.3 Å². The SMILES string of the molecule is COCCCOc1cc(CC(C[C@H]2CCC(=C(C)C)C(=O)N2)C(C)C)ccc1OC. The Labute approximate surface area is 182 Å². The van der Waals surface area contributed by atoms with E-state index in [0.717, 1.165) is 54.7 Å². The van der Waals surface area contributed by atoms with Crippen LogP contribution in [0.25, 0.3) is 0 Å². The molecule has 0 aliphatic carbocycles. The van der Waals surface area contributed by atoms with E-state index in [-0.39, 0.29) is 11.9 Å². The standard InChI is InChI=1S/C25H39NO4/c1-17(2)20(16-21-9-10-22(18(3)4)25(27)26-21)14-19-8-11-23(29-6)24(15-19)30-13-7-12-28-5/h8,11,15,17,20-21H,7,9-10,12-14,16H2,1-6H3,(H,26,27)/t20?,21-/m1/s1. The van der Waals surface area contributed by atoms with E-state index in [1.165, 1.54) is 5.56 Å². The quantitative estimate of drug-likeness (QED) is 0.410. The van der Waals surface area contributed by atoms with Gasteiger partial charge in [0.05, 0.1) is 13.7 Å². The highest BCUT2D eigenvalue weighted by Gasteiger charge is 2.27. The molecule has 0 spiro atoms. The number of hydrogen-bond donors (Lipinski definition) is 1. The summed E-state index contributed by atoms with van der Waals surface area (Å²) in [4.78, 5) is 12.4. The molecule has 0 saturated carbocycles. The number of carbonyl (C=O) groups is 1. The Kier molecular flexibility index (Phi) is 9.70. The smallest absolute Gasteiger partial charge is 0.247 e. The molecule has 1 saturated heterocycles. The molecular weight excluding hydrogens is 378 g/mol. The lowest BCUT2D eigenvalue weighted by atomic mass is 9.81. The first-order valence-electron chi connectivity index (χ1n) is 11.1. The van der Waals surface area contributed by atoms with E-state index >= 15 is 0 Å². The summed E-state index contributed by atoms with van der Waals surface area (Å²) in [6.07, 6.45) is 4.69. The second-order valence-corrected chi connectivity index (χ2v) is 8.81. The zero-order chi connectivity index (χ0) is 22.1. The molecule has 30 heavy (non-hydrogen) atoms. The number of ether oxygens (including phenoxy) is 3. The zero-order valence-corrected chi connectivity index (χ0v) is 19.5. The van der Waals surface area contributed by atoms with Crippen molar-refractivity contribution in [3.8, 4) is 11.5 Å². The molecule has 168 valence electrons. The molecule has 1 aromatic carbocycles. The number of benzene rings is 1. The number of amides is 1. The second-order valence-electron chi connectivity index (χ2n) is 8.81. The maximum atomic E-state index is 12.4. The summed E-state index contributed by atoms with van der Waals surface area (Å²) in [6.45, 7) is 9.85. The van der Waals surface area contributed by atoms with Crippen LogP contribution >= 0.6 is 0 Å². The van der Waals surface area contributed by atoms with E-state index in [9.17, 15) is 4.79 Å². The fourth-order valence-electron chi connectivity index (χ4n) is 4.04. The molecule has 1 N–H and O–H groups in total. The van der Waals surface area contributed by atoms with Gasteiger partial charge in [0, 0.05) is 31.8 Å². The fraction of sp³-hybridized carbons (Fsp3) is 0.640. The van der Waals surface area contributed by atoms with Crippen LogP contribution in [0, 0.1) is 11.8 Å². The van der Waals surface area contributed by atoms with Crippen molar-refractivity contribution in [2.75, 3.05) is 27.4 Å². The third-order valence-corrected chi connectivity index (χ3v) is 5.96. The third kappa shape index (κ3) is 7.05. The van der Waals surface area contributed by atoms with Gasteiger partial charge in [0.2, 0.25) is 5.91 Å². The van der Waals surface area contributed by atoms with Gasteiger partial charge < -0.3 is 19.5 Å². The first-order chi connectivity index (χ1) is 14.3. The molecule has 2 atom stereocenters. The predicted octanol–water partition coefficient (Wildman–Crippen LogP) is 4.93. The second kappa shape index (κ2) is 12.0. The van der Waals surface area contributed by atoms with Crippen molar-refractivity contribution in [1.82, 2.24) is 5.32 Å². The van der Waals surface area contributed by atoms with Crippen molar-refractivity contribution < 1.29 is 19.0 Å². The molecule has 0 radical (unpaired) electrons. The Balaban J connectivity index is 2.04. The molecule has 1 unspecified atom stereocenters. The number of nitrogens with one attached hydrogen (secondary N) is 1. The highest BCUT2D eigenvalue weighted by Crippen LogP contribution is 2.32. The molecule has 5 heteroatoms. The van der Waals surface area contributed by atoms with Crippen LogP contribution in [0.1, 0.15) is 58.9 Å². The molecule has 0 bridgehead atoms. The molecule has 1 aliphatic heterocycles. The van der Waals surface area contributed by atoms with Gasteiger partial charge in [0.25, 0.3) is 0 Å². The maximum absolute atomic E-state index is 12.4. The van der Waals surface area contributed by atoms with Crippen LogP contribution in [0.2, 0.25) is 0 Å². The Bertz CT molecular complexity index is 722. The highest BCUT2D eigenvalue weighted by atomic mass is 16.5. The topological polar surface area (TPSA) is 56.8 Å². The van der Waals surface area contributed by atoms with Crippen LogP contribution in [0.4, 0.5) is 0 Å². The van der Waals surface area contributed by atoms with Crippen molar-refractivity contribution in [2.45, 2.75) is 65.8 Å². The number of carbonyl (C=O) groups excluding carboxylic acids is 1. The number of hydrogen-bond acceptors (Lipinski definition) is 4. The predicted molar refractivity (Wildman–Crippen MR) is 121 cm³/mol. The Morgan fingerprint density at radius 2 is 1.93 bits per heavy atom. The molecule has 1 amide bonds. The molecule has 1 fully saturated rings. The van der Waals surface area contributed by atoms with E-state index in [2.05, 4.69) is 31.3 Å². The lowest BCUT2D eigenvalue weighted by molar-refractivity contribution is -0.119. The van der Waals surface area contributed by atoms with Crippen LogP contribution in [0.5, 0.6) is 11.5 Å². The molecule has 1 aromatic rings. The summed E-state index contributed by atoms with van der Waals surface area (Å²) in [5.41, 5.74) is 3.32. The van der Waals surface area contributed by atoms with Crippen molar-refractivity contribution in [2.24, 2.45) is 11.8 Å². The van der Waals surface area contributed by atoms with Crippen LogP contribution in [-0.2, 0) is 16.0 Å². The Morgan fingerprint density at radius 3 is 2.53 bits per heavy atom. The van der Waals surface area contributed by atoms with Crippen molar-refractivity contribution in [3.05, 3.63) is 34.9 Å². The zero-order valence-electron chi connectivity index (χ0n) is 19.5. The van der Waals surface area contributed by atoms with Gasteiger partial charge in [-0.05, 0) is 69.1 Å². The first-order valence-corrected chi connectivity index (χ1v) is 11.1. The Morgan fingerprint density at radius 1 is 1.17 bits per heavy atom. The first kappa shape index (κ1) is 24.3. The number of rotatable bonds is 11. The minimum atomic E-state index is 0.116. The Hall–Kier alpha value is -2.01. The van der Waals surface area contributed by atoms with Crippen molar-refractivity contribution in [1.29, 1.82) is 0 Å². The molecule has 5 nitrogen and oxygen atoms in total. The summed E-state index contributed by atoms with van der Waals surface area (Å²) >= 11 is 0. The van der Waals surface area contributed by atoms with Crippen LogP contribution < -0.4 is 14.8 Å². The fourth-order valence-corrected chi connectivity index (χ4v) is 4.04. The molecule has 1 aliphatic rings. The number of allylic oxidation sites excluding steroid dienone is 1. The van der Waals surface area contributed by atoms with Gasteiger partial charge in [-0.15, -0.1) is 0 Å². The highest BCUT2D eigenvalue weighted by molar-refractivity contribution is 5.95. The maximum Gasteiger partial charge on any atom is 0.247 e. The van der Waals surface area contributed by atoms with E-state index in [1.807, 2.05) is 19.9 Å². The molecule has 2 rings (SSSR count). The minimum absolute atomic E-state index is 0.116. The average molecular weight is 418 g/mol. The van der Waals surface area contributed by atoms with Gasteiger partial charge in [-0.3, -0.25) is 4.79 Å². The van der Waals surface area contributed by atoms with Crippen molar-refractivity contribution >= 4 is 5.91 Å². The lowest BCUT2D eigenvalue weighted by Crippen LogP contribution is -2.42. The average Bonchev–Trinajstić information content (AvgIpc) is 2.70. The minimum Gasteiger partial charge on any atom is -0.493 e. The van der Waals surface area contributed by atoms with E-state index in [0.29, 0.717) is 25.0 Å². The van der Waals surface area contributed by atoms with E-state index < -0.39 is 0 Å². The summed E-state index contributed by atoms with van der Waals surface area (Å²) < 4.78 is 16.5. The molecule has 1 heterocycles. The van der Waals surface area contributed by atoms with E-state index in [4.69, 9.17) is 14.2 Å². The summed E-state index contributed by atoms with van der Waals surface area (Å²) in [7, 11) is 3.36. The molecule has 0 aromatic heterocycles. The van der Waals surface area contributed by atoms with E-state index in [1.54, 1.807) is 14.2 Å². The number of methoxy groups -OCH3 is 2. The van der Waals surface area contributed by atoms with Gasteiger partial charge in [0.15, 0.2) is 11.5 Å². The summed E-state index contributed by atoms with van der Waals surface area (Å²) in [5.74, 6) is 2.67. The van der Waals surface area contributed by atoms with Gasteiger partial charge in [-0.25, -0.2) is 0 Å². The summed E-state index contributed by atoms with van der Waals surface area (Å²) in [5, 5.41) is 3.24.